The molecule has 1 aliphatic carbocycles. The van der Waals surface area contributed by atoms with Gasteiger partial charge in [-0.25, -0.2) is 0 Å². The number of carbonyl (C=O) groups is 1. The molecule has 0 heterocycles. The first-order chi connectivity index (χ1) is 6.43. The third-order valence-electron chi connectivity index (χ3n) is 2.82. The van der Waals surface area contributed by atoms with Crippen molar-refractivity contribution in [3.8, 4) is 0 Å². The van der Waals surface area contributed by atoms with Crippen molar-refractivity contribution in [2.75, 3.05) is 6.61 Å². The second kappa shape index (κ2) is 4.30. The van der Waals surface area contributed by atoms with Crippen LogP contribution in [0.1, 0.15) is 40.0 Å². The highest BCUT2D eigenvalue weighted by Gasteiger charge is 2.29. The lowest BCUT2D eigenvalue weighted by Gasteiger charge is -2.21. The quantitative estimate of drug-likeness (QED) is 0.704. The number of amides is 1. The van der Waals surface area contributed by atoms with Gasteiger partial charge in [-0.05, 0) is 25.2 Å². The third kappa shape index (κ3) is 2.98. The SMILES string of the molecule is CC(C)(C)C(=O)NC1CCC(CO)C1. The molecule has 0 bridgehead atoms. The summed E-state index contributed by atoms with van der Waals surface area (Å²) in [6, 6.07) is 0.277. The first-order valence-corrected chi connectivity index (χ1v) is 5.35. The van der Waals surface area contributed by atoms with Crippen molar-refractivity contribution in [1.29, 1.82) is 0 Å². The monoisotopic (exact) mass is 199 g/mol. The largest absolute Gasteiger partial charge is 0.396 e. The van der Waals surface area contributed by atoms with Gasteiger partial charge in [0.15, 0.2) is 0 Å². The second-order valence-electron chi connectivity index (χ2n) is 5.28. The van der Waals surface area contributed by atoms with E-state index >= 15 is 0 Å². The summed E-state index contributed by atoms with van der Waals surface area (Å²) in [6.45, 7) is 6.00. The Bertz CT molecular complexity index is 208. The standard InChI is InChI=1S/C11H21NO2/c1-11(2,3)10(14)12-9-5-4-8(6-9)7-13/h8-9,13H,4-7H2,1-3H3,(H,12,14). The van der Waals surface area contributed by atoms with Gasteiger partial charge in [0, 0.05) is 18.1 Å². The van der Waals surface area contributed by atoms with Crippen molar-refractivity contribution >= 4 is 5.91 Å². The van der Waals surface area contributed by atoms with E-state index < -0.39 is 0 Å². The van der Waals surface area contributed by atoms with Gasteiger partial charge in [0.2, 0.25) is 5.91 Å². The summed E-state index contributed by atoms with van der Waals surface area (Å²) in [6.07, 6.45) is 2.97. The van der Waals surface area contributed by atoms with E-state index in [0.717, 1.165) is 19.3 Å². The lowest BCUT2D eigenvalue weighted by atomic mass is 9.95. The predicted molar refractivity (Wildman–Crippen MR) is 55.8 cm³/mol. The normalized spacial score (nSPS) is 27.7. The molecule has 0 saturated heterocycles. The zero-order valence-corrected chi connectivity index (χ0v) is 9.34. The number of hydrogen-bond acceptors (Lipinski definition) is 2. The van der Waals surface area contributed by atoms with Gasteiger partial charge in [-0.1, -0.05) is 20.8 Å². The zero-order chi connectivity index (χ0) is 10.8. The highest BCUT2D eigenvalue weighted by Crippen LogP contribution is 2.26. The smallest absolute Gasteiger partial charge is 0.225 e. The molecule has 1 amide bonds. The number of hydrogen-bond donors (Lipinski definition) is 2. The predicted octanol–water partition coefficient (Wildman–Crippen LogP) is 1.31. The van der Waals surface area contributed by atoms with E-state index in [1.807, 2.05) is 20.8 Å². The molecule has 1 aliphatic rings. The van der Waals surface area contributed by atoms with Gasteiger partial charge in [-0.2, -0.15) is 0 Å². The van der Waals surface area contributed by atoms with Gasteiger partial charge in [-0.3, -0.25) is 4.79 Å². The van der Waals surface area contributed by atoms with Gasteiger partial charge < -0.3 is 10.4 Å². The first kappa shape index (κ1) is 11.5. The van der Waals surface area contributed by atoms with Crippen molar-refractivity contribution in [2.45, 2.75) is 46.1 Å². The molecule has 0 radical (unpaired) electrons. The maximum absolute atomic E-state index is 11.6. The van der Waals surface area contributed by atoms with Crippen molar-refractivity contribution in [2.24, 2.45) is 11.3 Å². The van der Waals surface area contributed by atoms with Crippen molar-refractivity contribution in [3.63, 3.8) is 0 Å². The van der Waals surface area contributed by atoms with Gasteiger partial charge in [0.05, 0.1) is 0 Å². The fourth-order valence-corrected chi connectivity index (χ4v) is 1.77. The molecule has 0 aliphatic heterocycles. The topological polar surface area (TPSA) is 49.3 Å². The molecule has 2 N–H and O–H groups in total. The summed E-state index contributed by atoms with van der Waals surface area (Å²) in [5.74, 6) is 0.501. The molecule has 1 saturated carbocycles. The Morgan fingerprint density at radius 1 is 1.43 bits per heavy atom. The molecule has 0 spiro atoms. The molecule has 0 aromatic rings. The number of aliphatic hydroxyl groups is 1. The van der Waals surface area contributed by atoms with Gasteiger partial charge in [0.25, 0.3) is 0 Å². The first-order valence-electron chi connectivity index (χ1n) is 5.35. The Labute approximate surface area is 85.9 Å². The lowest BCUT2D eigenvalue weighted by molar-refractivity contribution is -0.129. The van der Waals surface area contributed by atoms with Crippen LogP contribution in [0.2, 0.25) is 0 Å². The molecule has 3 heteroatoms. The average Bonchev–Trinajstić information content (AvgIpc) is 2.50. The van der Waals surface area contributed by atoms with Crippen LogP contribution in [0, 0.1) is 11.3 Å². The van der Waals surface area contributed by atoms with Crippen LogP contribution in [-0.2, 0) is 4.79 Å². The van der Waals surface area contributed by atoms with Gasteiger partial charge >= 0.3 is 0 Å². The Kier molecular flexibility index (Phi) is 3.53. The van der Waals surface area contributed by atoms with Crippen LogP contribution in [0.25, 0.3) is 0 Å². The number of carbonyl (C=O) groups excluding carboxylic acids is 1. The number of aliphatic hydroxyl groups excluding tert-OH is 1. The van der Waals surface area contributed by atoms with Crippen LogP contribution in [0.4, 0.5) is 0 Å². The van der Waals surface area contributed by atoms with Crippen molar-refractivity contribution in [1.82, 2.24) is 5.32 Å². The van der Waals surface area contributed by atoms with Gasteiger partial charge in [-0.15, -0.1) is 0 Å². The summed E-state index contributed by atoms with van der Waals surface area (Å²) in [5.41, 5.74) is -0.308. The number of nitrogens with one attached hydrogen (secondary N) is 1. The van der Waals surface area contributed by atoms with E-state index in [1.165, 1.54) is 0 Å². The maximum atomic E-state index is 11.6. The minimum Gasteiger partial charge on any atom is -0.396 e. The molecule has 14 heavy (non-hydrogen) atoms. The fourth-order valence-electron chi connectivity index (χ4n) is 1.77. The van der Waals surface area contributed by atoms with E-state index in [1.54, 1.807) is 0 Å². The molecule has 3 nitrogen and oxygen atoms in total. The molecule has 2 atom stereocenters. The molecule has 1 rings (SSSR count). The van der Waals surface area contributed by atoms with E-state index in [-0.39, 0.29) is 24.0 Å². The summed E-state index contributed by atoms with van der Waals surface area (Å²) in [4.78, 5) is 11.6. The zero-order valence-electron chi connectivity index (χ0n) is 9.34. The van der Waals surface area contributed by atoms with Gasteiger partial charge in [0.1, 0.15) is 0 Å². The van der Waals surface area contributed by atoms with Crippen LogP contribution in [0.3, 0.4) is 0 Å². The fraction of sp³-hybridized carbons (Fsp3) is 0.909. The molecule has 1 fully saturated rings. The van der Waals surface area contributed by atoms with Crippen molar-refractivity contribution in [3.05, 3.63) is 0 Å². The van der Waals surface area contributed by atoms with E-state index in [4.69, 9.17) is 5.11 Å². The average molecular weight is 199 g/mol. The number of rotatable bonds is 2. The summed E-state index contributed by atoms with van der Waals surface area (Å²) < 4.78 is 0. The Morgan fingerprint density at radius 2 is 2.07 bits per heavy atom. The summed E-state index contributed by atoms with van der Waals surface area (Å²) >= 11 is 0. The van der Waals surface area contributed by atoms with E-state index in [2.05, 4.69) is 5.32 Å². The summed E-state index contributed by atoms with van der Waals surface area (Å²) in [5, 5.41) is 12.0. The van der Waals surface area contributed by atoms with Crippen LogP contribution < -0.4 is 5.32 Å². The Hall–Kier alpha value is -0.570. The van der Waals surface area contributed by atoms with Crippen LogP contribution in [0.15, 0.2) is 0 Å². The highest BCUT2D eigenvalue weighted by atomic mass is 16.3. The molecule has 2 unspecified atom stereocenters. The highest BCUT2D eigenvalue weighted by molar-refractivity contribution is 5.81. The lowest BCUT2D eigenvalue weighted by Crippen LogP contribution is -2.40. The second-order valence-corrected chi connectivity index (χ2v) is 5.28. The molecule has 0 aromatic carbocycles. The molecule has 0 aromatic heterocycles. The molecule has 82 valence electrons. The molecular weight excluding hydrogens is 178 g/mol. The summed E-state index contributed by atoms with van der Waals surface area (Å²) in [7, 11) is 0. The Balaban J connectivity index is 2.36. The van der Waals surface area contributed by atoms with Crippen LogP contribution >= 0.6 is 0 Å². The Morgan fingerprint density at radius 3 is 2.50 bits per heavy atom. The minimum atomic E-state index is -0.308. The van der Waals surface area contributed by atoms with E-state index in [0.29, 0.717) is 5.92 Å². The third-order valence-corrected chi connectivity index (χ3v) is 2.82. The minimum absolute atomic E-state index is 0.112. The van der Waals surface area contributed by atoms with Crippen molar-refractivity contribution < 1.29 is 9.90 Å². The van der Waals surface area contributed by atoms with Crippen LogP contribution in [0.5, 0.6) is 0 Å². The van der Waals surface area contributed by atoms with E-state index in [9.17, 15) is 4.79 Å². The maximum Gasteiger partial charge on any atom is 0.225 e. The van der Waals surface area contributed by atoms with Crippen LogP contribution in [-0.4, -0.2) is 23.7 Å². The molecular formula is C11H21NO2.